The molecule has 1 fully saturated rings. The first kappa shape index (κ1) is 18.9. The number of rotatable bonds is 7. The van der Waals surface area contributed by atoms with Crippen LogP contribution in [0.4, 0.5) is 16.6 Å². The minimum absolute atomic E-state index is 0.219. The van der Waals surface area contributed by atoms with Gasteiger partial charge >= 0.3 is 6.09 Å². The number of nitrogens with one attached hydrogen (secondary N) is 2. The normalized spacial score (nSPS) is 14.6. The van der Waals surface area contributed by atoms with Crippen LogP contribution >= 0.6 is 0 Å². The maximum atomic E-state index is 11.8. The van der Waals surface area contributed by atoms with Crippen molar-refractivity contribution >= 4 is 17.9 Å². The van der Waals surface area contributed by atoms with E-state index >= 15 is 0 Å². The number of likely N-dealkylation sites (tertiary alicyclic amines) is 1. The quantitative estimate of drug-likeness (QED) is 0.774. The van der Waals surface area contributed by atoms with E-state index in [1.54, 1.807) is 11.1 Å². The van der Waals surface area contributed by atoms with Crippen LogP contribution in [0.25, 0.3) is 0 Å². The zero-order valence-electron chi connectivity index (χ0n) is 15.6. The summed E-state index contributed by atoms with van der Waals surface area (Å²) in [6.07, 6.45) is 3.96. The highest BCUT2D eigenvalue weighted by Crippen LogP contribution is 2.15. The Bertz CT molecular complexity index is 719. The molecule has 27 heavy (non-hydrogen) atoms. The van der Waals surface area contributed by atoms with Crippen molar-refractivity contribution in [2.45, 2.75) is 32.2 Å². The molecule has 1 aromatic carbocycles. The Hall–Kier alpha value is -2.90. The second-order valence-electron chi connectivity index (χ2n) is 6.43. The van der Waals surface area contributed by atoms with Gasteiger partial charge in [0.2, 0.25) is 5.95 Å². The molecule has 0 atom stereocenters. The molecule has 0 aliphatic carbocycles. The van der Waals surface area contributed by atoms with Crippen LogP contribution in [-0.4, -0.2) is 58.5 Å². The predicted octanol–water partition coefficient (Wildman–Crippen LogP) is 2.56. The molecule has 2 heterocycles. The van der Waals surface area contributed by atoms with Gasteiger partial charge in [0.1, 0.15) is 0 Å². The fraction of sp³-hybridized carbons (Fsp3) is 0.474. The number of aromatic nitrogens is 3. The topological polar surface area (TPSA) is 92.3 Å². The summed E-state index contributed by atoms with van der Waals surface area (Å²) in [6, 6.07) is 10.5. The Morgan fingerprint density at radius 3 is 2.78 bits per heavy atom. The molecule has 8 nitrogen and oxygen atoms in total. The van der Waals surface area contributed by atoms with Crippen molar-refractivity contribution in [3.8, 4) is 0 Å². The monoisotopic (exact) mass is 370 g/mol. The van der Waals surface area contributed by atoms with Crippen LogP contribution in [0.5, 0.6) is 0 Å². The Balaban J connectivity index is 1.44. The first-order valence-corrected chi connectivity index (χ1v) is 9.40. The molecular weight excluding hydrogens is 344 g/mol. The Kier molecular flexibility index (Phi) is 6.78. The molecule has 1 aliphatic heterocycles. The summed E-state index contributed by atoms with van der Waals surface area (Å²) in [4.78, 5) is 18.0. The summed E-state index contributed by atoms with van der Waals surface area (Å²) in [5.74, 6) is 1.21. The van der Waals surface area contributed by atoms with Crippen LogP contribution in [0, 0.1) is 0 Å². The molecule has 144 valence electrons. The van der Waals surface area contributed by atoms with E-state index in [0.717, 1.165) is 25.8 Å². The molecule has 2 aromatic rings. The van der Waals surface area contributed by atoms with Crippen LogP contribution in [0.1, 0.15) is 25.3 Å². The molecule has 3 rings (SSSR count). The van der Waals surface area contributed by atoms with Gasteiger partial charge in [-0.3, -0.25) is 0 Å². The van der Waals surface area contributed by atoms with Crippen LogP contribution in [0.2, 0.25) is 0 Å². The Labute approximate surface area is 159 Å². The van der Waals surface area contributed by atoms with Crippen LogP contribution in [0.3, 0.4) is 0 Å². The van der Waals surface area contributed by atoms with Crippen molar-refractivity contribution in [3.05, 3.63) is 42.1 Å². The van der Waals surface area contributed by atoms with Crippen molar-refractivity contribution in [2.24, 2.45) is 0 Å². The van der Waals surface area contributed by atoms with Crippen molar-refractivity contribution in [1.29, 1.82) is 0 Å². The lowest BCUT2D eigenvalue weighted by Gasteiger charge is -2.31. The molecule has 8 heteroatoms. The Morgan fingerprint density at radius 1 is 1.26 bits per heavy atom. The second kappa shape index (κ2) is 9.70. The summed E-state index contributed by atoms with van der Waals surface area (Å²) in [7, 11) is 0. The number of amides is 1. The fourth-order valence-corrected chi connectivity index (χ4v) is 3.03. The van der Waals surface area contributed by atoms with Gasteiger partial charge in [-0.05, 0) is 31.7 Å². The van der Waals surface area contributed by atoms with Gasteiger partial charge in [-0.1, -0.05) is 30.3 Å². The van der Waals surface area contributed by atoms with Gasteiger partial charge in [0, 0.05) is 25.7 Å². The molecule has 0 bridgehead atoms. The molecule has 0 radical (unpaired) electrons. The number of benzene rings is 1. The zero-order valence-corrected chi connectivity index (χ0v) is 15.6. The molecule has 0 saturated carbocycles. The number of ether oxygens (including phenoxy) is 1. The van der Waals surface area contributed by atoms with Crippen molar-refractivity contribution < 1.29 is 9.53 Å². The molecule has 1 aromatic heterocycles. The van der Waals surface area contributed by atoms with E-state index in [4.69, 9.17) is 4.74 Å². The number of hydrogen-bond donors (Lipinski definition) is 2. The number of anilines is 2. The number of hydrogen-bond acceptors (Lipinski definition) is 7. The maximum Gasteiger partial charge on any atom is 0.409 e. The number of piperidine rings is 1. The van der Waals surface area contributed by atoms with Gasteiger partial charge in [-0.15, -0.1) is 5.10 Å². The van der Waals surface area contributed by atoms with Crippen molar-refractivity contribution in [1.82, 2.24) is 20.1 Å². The minimum Gasteiger partial charge on any atom is -0.450 e. The summed E-state index contributed by atoms with van der Waals surface area (Å²) in [6.45, 7) is 4.33. The average molecular weight is 370 g/mol. The van der Waals surface area contributed by atoms with E-state index < -0.39 is 0 Å². The van der Waals surface area contributed by atoms with E-state index in [1.807, 2.05) is 25.1 Å². The summed E-state index contributed by atoms with van der Waals surface area (Å²) >= 11 is 0. The summed E-state index contributed by atoms with van der Waals surface area (Å²) < 4.78 is 5.04. The van der Waals surface area contributed by atoms with Gasteiger partial charge in [-0.2, -0.15) is 10.1 Å². The highest BCUT2D eigenvalue weighted by Gasteiger charge is 2.24. The first-order valence-electron chi connectivity index (χ1n) is 9.40. The number of carbonyl (C=O) groups is 1. The summed E-state index contributed by atoms with van der Waals surface area (Å²) in [5.41, 5.74) is 1.28. The highest BCUT2D eigenvalue weighted by molar-refractivity contribution is 5.67. The lowest BCUT2D eigenvalue weighted by molar-refractivity contribution is 0.0983. The Morgan fingerprint density at radius 2 is 2.04 bits per heavy atom. The highest BCUT2D eigenvalue weighted by atomic mass is 16.6. The van der Waals surface area contributed by atoms with Crippen molar-refractivity contribution in [3.63, 3.8) is 0 Å². The molecule has 1 amide bonds. The second-order valence-corrected chi connectivity index (χ2v) is 6.43. The number of nitrogens with zero attached hydrogens (tertiary/aromatic N) is 4. The maximum absolute atomic E-state index is 11.8. The number of carbonyl (C=O) groups excluding carboxylic acids is 1. The third-order valence-corrected chi connectivity index (χ3v) is 4.48. The SMILES string of the molecule is CCOC(=O)N1CCC(Nc2nncc(NCCc3ccccc3)n2)CC1. The molecule has 1 saturated heterocycles. The van der Waals surface area contributed by atoms with Gasteiger partial charge < -0.3 is 20.3 Å². The van der Waals surface area contributed by atoms with Gasteiger partial charge in [0.15, 0.2) is 5.82 Å². The van der Waals surface area contributed by atoms with E-state index in [0.29, 0.717) is 31.5 Å². The van der Waals surface area contributed by atoms with Gasteiger partial charge in [-0.25, -0.2) is 4.79 Å². The molecule has 0 unspecified atom stereocenters. The minimum atomic E-state index is -0.238. The molecule has 2 N–H and O–H groups in total. The van der Waals surface area contributed by atoms with Crippen LogP contribution < -0.4 is 10.6 Å². The average Bonchev–Trinajstić information content (AvgIpc) is 2.70. The predicted molar refractivity (Wildman–Crippen MR) is 104 cm³/mol. The van der Waals surface area contributed by atoms with E-state index in [2.05, 4.69) is 37.9 Å². The van der Waals surface area contributed by atoms with Crippen LogP contribution in [-0.2, 0) is 11.2 Å². The lowest BCUT2D eigenvalue weighted by Crippen LogP contribution is -2.42. The molecule has 1 aliphatic rings. The largest absolute Gasteiger partial charge is 0.450 e. The molecule has 0 spiro atoms. The van der Waals surface area contributed by atoms with E-state index in [1.165, 1.54) is 5.56 Å². The van der Waals surface area contributed by atoms with E-state index in [9.17, 15) is 4.79 Å². The van der Waals surface area contributed by atoms with E-state index in [-0.39, 0.29) is 12.1 Å². The zero-order chi connectivity index (χ0) is 18.9. The van der Waals surface area contributed by atoms with Crippen LogP contribution in [0.15, 0.2) is 36.5 Å². The lowest BCUT2D eigenvalue weighted by atomic mass is 10.1. The third-order valence-electron chi connectivity index (χ3n) is 4.48. The van der Waals surface area contributed by atoms with Gasteiger partial charge in [0.05, 0.1) is 12.8 Å². The molecular formula is C19H26N6O2. The first-order chi connectivity index (χ1) is 13.2. The fourth-order valence-electron chi connectivity index (χ4n) is 3.03. The van der Waals surface area contributed by atoms with Crippen molar-refractivity contribution in [2.75, 3.05) is 36.9 Å². The standard InChI is InChI=1S/C19H26N6O2/c1-2-27-19(26)25-12-9-16(10-13-25)22-18-23-17(14-21-24-18)20-11-8-15-6-4-3-5-7-15/h3-7,14,16H,2,8-13H2,1H3,(H2,20,22,23,24). The smallest absolute Gasteiger partial charge is 0.409 e. The third kappa shape index (κ3) is 5.80. The summed E-state index contributed by atoms with van der Waals surface area (Å²) in [5, 5.41) is 14.7. The van der Waals surface area contributed by atoms with Gasteiger partial charge in [0.25, 0.3) is 0 Å².